The van der Waals surface area contributed by atoms with Crippen LogP contribution in [0.1, 0.15) is 30.1 Å². The van der Waals surface area contributed by atoms with Gasteiger partial charge in [0.15, 0.2) is 0 Å². The monoisotopic (exact) mass is 341 g/mol. The molecule has 1 fully saturated rings. The summed E-state index contributed by atoms with van der Waals surface area (Å²) in [6.45, 7) is 3.39. The van der Waals surface area contributed by atoms with E-state index in [1.54, 1.807) is 0 Å². The van der Waals surface area contributed by atoms with E-state index >= 15 is 0 Å². The van der Waals surface area contributed by atoms with E-state index in [9.17, 15) is 13.2 Å². The maximum atomic E-state index is 12.9. The van der Waals surface area contributed by atoms with E-state index in [0.29, 0.717) is 19.0 Å². The normalized spacial score (nSPS) is 20.0. The Morgan fingerprint density at radius 2 is 2.04 bits per heavy atom. The molecule has 3 heterocycles. The fourth-order valence-electron chi connectivity index (χ4n) is 2.79. The second kappa shape index (κ2) is 5.97. The van der Waals surface area contributed by atoms with Crippen LogP contribution in [0.4, 0.5) is 5.69 Å². The van der Waals surface area contributed by atoms with Gasteiger partial charge in [0.2, 0.25) is 5.88 Å². The Bertz CT molecular complexity index is 713. The summed E-state index contributed by atoms with van der Waals surface area (Å²) in [6, 6.07) is 1.30. The van der Waals surface area contributed by atoms with Crippen molar-refractivity contribution in [2.24, 2.45) is 5.92 Å². The summed E-state index contributed by atoms with van der Waals surface area (Å²) >= 11 is 0. The van der Waals surface area contributed by atoms with Crippen molar-refractivity contribution in [1.29, 1.82) is 0 Å². The standard InChI is InChI=1S/C14H19N3O5S/c1-10-2-4-16(5-3-10)23(20,21)17-6-7-22-13-12(17)8-11(9-15-13)14(18)19/h8-10H,2-7H2,1H3,(H,18,19). The van der Waals surface area contributed by atoms with Crippen molar-refractivity contribution in [3.63, 3.8) is 0 Å². The van der Waals surface area contributed by atoms with Gasteiger partial charge in [-0.15, -0.1) is 0 Å². The number of rotatable bonds is 3. The third-order valence-corrected chi connectivity index (χ3v) is 6.18. The zero-order valence-electron chi connectivity index (χ0n) is 12.8. The SMILES string of the molecule is CC1CCN(S(=O)(=O)N2CCOc3ncc(C(=O)O)cc32)CC1. The molecule has 0 atom stereocenters. The molecule has 9 heteroatoms. The van der Waals surface area contributed by atoms with Crippen LogP contribution < -0.4 is 9.04 Å². The third kappa shape index (κ3) is 2.98. The molecule has 0 aliphatic carbocycles. The molecule has 1 N–H and O–H groups in total. The van der Waals surface area contributed by atoms with Gasteiger partial charge in [0.25, 0.3) is 0 Å². The highest BCUT2D eigenvalue weighted by molar-refractivity contribution is 7.90. The molecule has 0 aromatic carbocycles. The predicted molar refractivity (Wildman–Crippen MR) is 82.9 cm³/mol. The molecule has 0 bridgehead atoms. The van der Waals surface area contributed by atoms with Gasteiger partial charge < -0.3 is 9.84 Å². The topological polar surface area (TPSA) is 100 Å². The fraction of sp³-hybridized carbons (Fsp3) is 0.571. The molecule has 1 aromatic heterocycles. The largest absolute Gasteiger partial charge is 0.478 e. The van der Waals surface area contributed by atoms with Gasteiger partial charge in [-0.05, 0) is 24.8 Å². The van der Waals surface area contributed by atoms with Gasteiger partial charge in [0.1, 0.15) is 12.3 Å². The number of carboxylic acids is 1. The van der Waals surface area contributed by atoms with E-state index in [-0.39, 0.29) is 30.3 Å². The van der Waals surface area contributed by atoms with Crippen molar-refractivity contribution in [3.05, 3.63) is 17.8 Å². The van der Waals surface area contributed by atoms with E-state index in [1.807, 2.05) is 0 Å². The van der Waals surface area contributed by atoms with Crippen LogP contribution in [0.2, 0.25) is 0 Å². The lowest BCUT2D eigenvalue weighted by Gasteiger charge is -2.36. The minimum Gasteiger partial charge on any atom is -0.478 e. The van der Waals surface area contributed by atoms with E-state index in [4.69, 9.17) is 9.84 Å². The summed E-state index contributed by atoms with van der Waals surface area (Å²) < 4.78 is 33.8. The van der Waals surface area contributed by atoms with Crippen molar-refractivity contribution in [3.8, 4) is 5.88 Å². The average Bonchev–Trinajstić information content (AvgIpc) is 2.54. The molecular formula is C14H19N3O5S. The Hall–Kier alpha value is -1.87. The zero-order valence-corrected chi connectivity index (χ0v) is 13.6. The first kappa shape index (κ1) is 16.0. The number of aromatic carboxylic acids is 1. The number of aromatic nitrogens is 1. The quantitative estimate of drug-likeness (QED) is 0.879. The Labute approximate surface area is 134 Å². The number of carboxylic acid groups (broad SMARTS) is 1. The predicted octanol–water partition coefficient (Wildman–Crippen LogP) is 0.955. The number of carbonyl (C=O) groups is 1. The lowest BCUT2D eigenvalue weighted by molar-refractivity contribution is 0.0696. The number of ether oxygens (including phenoxy) is 1. The summed E-state index contributed by atoms with van der Waals surface area (Å²) in [4.78, 5) is 15.1. The van der Waals surface area contributed by atoms with Gasteiger partial charge in [0.05, 0.1) is 12.1 Å². The Balaban J connectivity index is 1.95. The maximum absolute atomic E-state index is 12.9. The van der Waals surface area contributed by atoms with E-state index in [2.05, 4.69) is 11.9 Å². The summed E-state index contributed by atoms with van der Waals surface area (Å²) in [5.41, 5.74) is 0.122. The summed E-state index contributed by atoms with van der Waals surface area (Å²) in [7, 11) is -3.71. The second-order valence-electron chi connectivity index (χ2n) is 5.86. The summed E-state index contributed by atoms with van der Waals surface area (Å²) in [5.74, 6) is -0.496. The Morgan fingerprint density at radius 3 is 2.70 bits per heavy atom. The first-order valence-corrected chi connectivity index (χ1v) is 8.93. The van der Waals surface area contributed by atoms with Gasteiger partial charge in [-0.1, -0.05) is 6.92 Å². The molecule has 0 amide bonds. The molecule has 23 heavy (non-hydrogen) atoms. The lowest BCUT2D eigenvalue weighted by Crippen LogP contribution is -2.49. The van der Waals surface area contributed by atoms with Crippen LogP contribution in [0.25, 0.3) is 0 Å². The highest BCUT2D eigenvalue weighted by Gasteiger charge is 2.36. The molecule has 1 saturated heterocycles. The van der Waals surface area contributed by atoms with Gasteiger partial charge in [-0.25, -0.2) is 14.1 Å². The van der Waals surface area contributed by atoms with Crippen LogP contribution in [-0.4, -0.2) is 55.0 Å². The van der Waals surface area contributed by atoms with Crippen molar-refractivity contribution in [1.82, 2.24) is 9.29 Å². The molecule has 8 nitrogen and oxygen atoms in total. The van der Waals surface area contributed by atoms with Crippen molar-refractivity contribution < 1.29 is 23.1 Å². The number of hydrogen-bond donors (Lipinski definition) is 1. The molecule has 0 radical (unpaired) electrons. The molecule has 0 unspecified atom stereocenters. The van der Waals surface area contributed by atoms with Crippen LogP contribution in [0.5, 0.6) is 5.88 Å². The van der Waals surface area contributed by atoms with Crippen molar-refractivity contribution in [2.75, 3.05) is 30.5 Å². The maximum Gasteiger partial charge on any atom is 0.337 e. The van der Waals surface area contributed by atoms with Crippen LogP contribution in [0.15, 0.2) is 12.3 Å². The molecule has 0 spiro atoms. The van der Waals surface area contributed by atoms with Crippen molar-refractivity contribution in [2.45, 2.75) is 19.8 Å². The summed E-state index contributed by atoms with van der Waals surface area (Å²) in [5, 5.41) is 9.09. The highest BCUT2D eigenvalue weighted by Crippen LogP contribution is 2.34. The first-order chi connectivity index (χ1) is 10.9. The number of anilines is 1. The van der Waals surface area contributed by atoms with Crippen LogP contribution in [-0.2, 0) is 10.2 Å². The minimum atomic E-state index is -3.71. The number of hydrogen-bond acceptors (Lipinski definition) is 5. The van der Waals surface area contributed by atoms with Gasteiger partial charge in [0, 0.05) is 19.3 Å². The molecule has 0 saturated carbocycles. The number of fused-ring (bicyclic) bond motifs is 1. The van der Waals surface area contributed by atoms with Crippen molar-refractivity contribution >= 4 is 21.9 Å². The van der Waals surface area contributed by atoms with Gasteiger partial charge >= 0.3 is 16.2 Å². The fourth-order valence-corrected chi connectivity index (χ4v) is 4.42. The molecule has 126 valence electrons. The van der Waals surface area contributed by atoms with Crippen LogP contribution in [0, 0.1) is 5.92 Å². The van der Waals surface area contributed by atoms with E-state index < -0.39 is 16.2 Å². The molecule has 1 aromatic rings. The van der Waals surface area contributed by atoms with E-state index in [1.165, 1.54) is 20.9 Å². The third-order valence-electron chi connectivity index (χ3n) is 4.23. The average molecular weight is 341 g/mol. The number of pyridine rings is 1. The smallest absolute Gasteiger partial charge is 0.337 e. The molecule has 2 aliphatic heterocycles. The highest BCUT2D eigenvalue weighted by atomic mass is 32.2. The van der Waals surface area contributed by atoms with Gasteiger partial charge in [-0.3, -0.25) is 0 Å². The van der Waals surface area contributed by atoms with Crippen LogP contribution >= 0.6 is 0 Å². The Kier molecular flexibility index (Phi) is 4.15. The second-order valence-corrected chi connectivity index (χ2v) is 7.72. The zero-order chi connectivity index (χ0) is 16.6. The minimum absolute atomic E-state index is 0.0679. The number of nitrogens with zero attached hydrogens (tertiary/aromatic N) is 3. The number of piperidine rings is 1. The lowest BCUT2D eigenvalue weighted by atomic mass is 10.0. The van der Waals surface area contributed by atoms with Crippen LogP contribution in [0.3, 0.4) is 0 Å². The molecule has 2 aliphatic rings. The van der Waals surface area contributed by atoms with E-state index in [0.717, 1.165) is 12.8 Å². The molecule has 3 rings (SSSR count). The first-order valence-electron chi connectivity index (χ1n) is 7.53. The Morgan fingerprint density at radius 1 is 1.35 bits per heavy atom. The molecular weight excluding hydrogens is 322 g/mol. The summed E-state index contributed by atoms with van der Waals surface area (Å²) in [6.07, 6.45) is 2.81. The van der Waals surface area contributed by atoms with Gasteiger partial charge in [-0.2, -0.15) is 12.7 Å².